The molecule has 1 aromatic carbocycles. The smallest absolute Gasteiger partial charge is 0.324 e. The van der Waals surface area contributed by atoms with E-state index in [2.05, 4.69) is 41.6 Å². The molecule has 1 aromatic heterocycles. The van der Waals surface area contributed by atoms with Crippen molar-refractivity contribution >= 4 is 17.5 Å². The molecule has 6 heteroatoms. The summed E-state index contributed by atoms with van der Waals surface area (Å²) in [6.07, 6.45) is 0. The van der Waals surface area contributed by atoms with Crippen molar-refractivity contribution in [1.82, 2.24) is 10.2 Å². The second-order valence-corrected chi connectivity index (χ2v) is 5.73. The Morgan fingerprint density at radius 2 is 2.00 bits per heavy atom. The third-order valence-electron chi connectivity index (χ3n) is 2.96. The topological polar surface area (TPSA) is 79.0 Å². The van der Waals surface area contributed by atoms with Crippen molar-refractivity contribution in [2.24, 2.45) is 0 Å². The zero-order chi connectivity index (χ0) is 15.5. The number of ether oxygens (including phenoxy) is 1. The molecule has 2 aromatic rings. The minimum Gasteiger partial charge on any atom is -0.497 e. The van der Waals surface area contributed by atoms with Crippen LogP contribution in [0.1, 0.15) is 26.5 Å². The van der Waals surface area contributed by atoms with Gasteiger partial charge in [0.1, 0.15) is 5.75 Å². The standard InChI is InChI=1S/C15H20N4O2/c1-15(2,3)12-9-13(19-18-12)17-14(20)16-10-6-5-7-11(8-10)21-4/h5-9H,1-4H3,(H3,16,17,18,19,20). The molecule has 0 bridgehead atoms. The number of nitrogens with zero attached hydrogens (tertiary/aromatic N) is 1. The number of nitrogens with one attached hydrogen (secondary N) is 3. The summed E-state index contributed by atoms with van der Waals surface area (Å²) in [6.45, 7) is 6.21. The summed E-state index contributed by atoms with van der Waals surface area (Å²) >= 11 is 0. The van der Waals surface area contributed by atoms with E-state index >= 15 is 0 Å². The minimum atomic E-state index is -0.352. The Kier molecular flexibility index (Phi) is 4.16. The van der Waals surface area contributed by atoms with Crippen molar-refractivity contribution in [2.75, 3.05) is 17.7 Å². The molecular formula is C15H20N4O2. The van der Waals surface area contributed by atoms with Crippen LogP contribution < -0.4 is 15.4 Å². The number of hydrogen-bond acceptors (Lipinski definition) is 3. The Bertz CT molecular complexity index is 629. The molecule has 0 aliphatic carbocycles. The maximum absolute atomic E-state index is 11.9. The SMILES string of the molecule is COc1cccc(NC(=O)Nc2cc(C(C)(C)C)[nH]n2)c1. The van der Waals surface area contributed by atoms with Gasteiger partial charge >= 0.3 is 6.03 Å². The van der Waals surface area contributed by atoms with Gasteiger partial charge in [-0.1, -0.05) is 26.8 Å². The first-order chi connectivity index (χ1) is 9.88. The van der Waals surface area contributed by atoms with Gasteiger partial charge in [0.05, 0.1) is 7.11 Å². The van der Waals surface area contributed by atoms with Gasteiger partial charge in [-0.3, -0.25) is 10.4 Å². The Balaban J connectivity index is 2.00. The number of methoxy groups -OCH3 is 1. The van der Waals surface area contributed by atoms with Gasteiger partial charge in [-0.15, -0.1) is 0 Å². The van der Waals surface area contributed by atoms with E-state index in [1.165, 1.54) is 0 Å². The molecule has 0 aliphatic rings. The summed E-state index contributed by atoms with van der Waals surface area (Å²) in [5, 5.41) is 12.4. The lowest BCUT2D eigenvalue weighted by Gasteiger charge is -2.14. The Morgan fingerprint density at radius 1 is 1.24 bits per heavy atom. The Labute approximate surface area is 123 Å². The summed E-state index contributed by atoms with van der Waals surface area (Å²) in [4.78, 5) is 11.9. The lowest BCUT2D eigenvalue weighted by atomic mass is 9.92. The molecule has 2 rings (SSSR count). The molecule has 1 heterocycles. The van der Waals surface area contributed by atoms with Crippen LogP contribution >= 0.6 is 0 Å². The molecule has 112 valence electrons. The van der Waals surface area contributed by atoms with Crippen LogP contribution in [0.25, 0.3) is 0 Å². The summed E-state index contributed by atoms with van der Waals surface area (Å²) in [5.74, 6) is 1.17. The molecule has 0 fully saturated rings. The molecule has 6 nitrogen and oxygen atoms in total. The number of H-pyrrole nitrogens is 1. The van der Waals surface area contributed by atoms with Crippen LogP contribution in [0.15, 0.2) is 30.3 Å². The van der Waals surface area contributed by atoms with Crippen LogP contribution in [0.5, 0.6) is 5.75 Å². The summed E-state index contributed by atoms with van der Waals surface area (Å²) in [7, 11) is 1.58. The average Bonchev–Trinajstić information content (AvgIpc) is 2.87. The number of rotatable bonds is 3. The van der Waals surface area contributed by atoms with Gasteiger partial charge in [-0.25, -0.2) is 4.79 Å². The van der Waals surface area contributed by atoms with E-state index in [-0.39, 0.29) is 11.4 Å². The fraction of sp³-hybridized carbons (Fsp3) is 0.333. The highest BCUT2D eigenvalue weighted by Crippen LogP contribution is 2.22. The van der Waals surface area contributed by atoms with E-state index in [4.69, 9.17) is 4.74 Å². The lowest BCUT2D eigenvalue weighted by Crippen LogP contribution is -2.19. The van der Waals surface area contributed by atoms with Gasteiger partial charge in [0.25, 0.3) is 0 Å². The van der Waals surface area contributed by atoms with Crippen LogP contribution in [0.3, 0.4) is 0 Å². The zero-order valence-electron chi connectivity index (χ0n) is 12.7. The zero-order valence-corrected chi connectivity index (χ0v) is 12.7. The number of benzene rings is 1. The van der Waals surface area contributed by atoms with Gasteiger partial charge < -0.3 is 10.1 Å². The van der Waals surface area contributed by atoms with Gasteiger partial charge in [0, 0.05) is 28.9 Å². The van der Waals surface area contributed by atoms with Gasteiger partial charge in [0.15, 0.2) is 5.82 Å². The number of urea groups is 1. The number of aromatic nitrogens is 2. The highest BCUT2D eigenvalue weighted by Gasteiger charge is 2.17. The molecule has 3 N–H and O–H groups in total. The van der Waals surface area contributed by atoms with E-state index in [0.717, 1.165) is 5.69 Å². The molecule has 0 radical (unpaired) electrons. The molecule has 0 saturated heterocycles. The monoisotopic (exact) mass is 288 g/mol. The van der Waals surface area contributed by atoms with E-state index in [1.54, 1.807) is 25.3 Å². The van der Waals surface area contributed by atoms with Gasteiger partial charge in [0.2, 0.25) is 0 Å². The first kappa shape index (κ1) is 14.9. The second kappa shape index (κ2) is 5.87. The lowest BCUT2D eigenvalue weighted by molar-refractivity contribution is 0.262. The molecule has 21 heavy (non-hydrogen) atoms. The molecular weight excluding hydrogens is 268 g/mol. The van der Waals surface area contributed by atoms with E-state index in [0.29, 0.717) is 17.3 Å². The summed E-state index contributed by atoms with van der Waals surface area (Å²) < 4.78 is 5.11. The molecule has 0 unspecified atom stereocenters. The van der Waals surface area contributed by atoms with Crippen LogP contribution in [-0.2, 0) is 5.41 Å². The van der Waals surface area contributed by atoms with Crippen molar-refractivity contribution in [1.29, 1.82) is 0 Å². The first-order valence-electron chi connectivity index (χ1n) is 6.66. The summed E-state index contributed by atoms with van der Waals surface area (Å²) in [6, 6.07) is 8.62. The molecule has 2 amide bonds. The fourth-order valence-corrected chi connectivity index (χ4v) is 1.75. The van der Waals surface area contributed by atoms with Gasteiger partial charge in [-0.2, -0.15) is 5.10 Å². The average molecular weight is 288 g/mol. The molecule has 0 spiro atoms. The van der Waals surface area contributed by atoms with Crippen LogP contribution in [0.4, 0.5) is 16.3 Å². The van der Waals surface area contributed by atoms with Crippen LogP contribution in [0.2, 0.25) is 0 Å². The van der Waals surface area contributed by atoms with Gasteiger partial charge in [-0.05, 0) is 12.1 Å². The number of anilines is 2. The third kappa shape index (κ3) is 3.98. The predicted octanol–water partition coefficient (Wildman–Crippen LogP) is 3.36. The maximum Gasteiger partial charge on any atom is 0.324 e. The predicted molar refractivity (Wildman–Crippen MR) is 82.9 cm³/mol. The summed E-state index contributed by atoms with van der Waals surface area (Å²) in [5.41, 5.74) is 1.56. The van der Waals surface area contributed by atoms with Crippen molar-refractivity contribution in [2.45, 2.75) is 26.2 Å². The van der Waals surface area contributed by atoms with E-state index in [1.807, 2.05) is 12.1 Å². The van der Waals surface area contributed by atoms with E-state index in [9.17, 15) is 4.79 Å². The largest absolute Gasteiger partial charge is 0.497 e. The van der Waals surface area contributed by atoms with E-state index < -0.39 is 0 Å². The molecule has 0 atom stereocenters. The quantitative estimate of drug-likeness (QED) is 0.810. The highest BCUT2D eigenvalue weighted by atomic mass is 16.5. The van der Waals surface area contributed by atoms with Crippen molar-refractivity contribution in [3.05, 3.63) is 36.0 Å². The first-order valence-corrected chi connectivity index (χ1v) is 6.66. The Morgan fingerprint density at radius 3 is 2.62 bits per heavy atom. The number of amides is 2. The van der Waals surface area contributed by atoms with Crippen LogP contribution in [-0.4, -0.2) is 23.3 Å². The normalized spacial score (nSPS) is 11.0. The van der Waals surface area contributed by atoms with Crippen LogP contribution in [0, 0.1) is 0 Å². The number of carbonyl (C=O) groups is 1. The van der Waals surface area contributed by atoms with Crippen molar-refractivity contribution in [3.63, 3.8) is 0 Å². The third-order valence-corrected chi connectivity index (χ3v) is 2.96. The minimum absolute atomic E-state index is 0.0454. The Hall–Kier alpha value is -2.50. The molecule has 0 aliphatic heterocycles. The number of carbonyl (C=O) groups excluding carboxylic acids is 1. The van der Waals surface area contributed by atoms with Crippen molar-refractivity contribution < 1.29 is 9.53 Å². The van der Waals surface area contributed by atoms with Crippen molar-refractivity contribution in [3.8, 4) is 5.75 Å². The number of hydrogen-bond donors (Lipinski definition) is 3. The maximum atomic E-state index is 11.9. The molecule has 0 saturated carbocycles. The number of aromatic amines is 1. The second-order valence-electron chi connectivity index (χ2n) is 5.73. The highest BCUT2D eigenvalue weighted by molar-refractivity contribution is 5.99. The fourth-order valence-electron chi connectivity index (χ4n) is 1.75.